The molecule has 0 radical (unpaired) electrons. The number of hydrogen-bond donors (Lipinski definition) is 2. The maximum Gasteiger partial charge on any atom is 0.329 e. The van der Waals surface area contributed by atoms with E-state index in [4.69, 9.17) is 9.47 Å². The third kappa shape index (κ3) is 4.64. The van der Waals surface area contributed by atoms with Gasteiger partial charge in [0.05, 0.1) is 20.4 Å². The van der Waals surface area contributed by atoms with Crippen molar-refractivity contribution < 1.29 is 19.1 Å². The smallest absolute Gasteiger partial charge is 0.329 e. The Kier molecular flexibility index (Phi) is 6.46. The maximum absolute atomic E-state index is 11.4. The van der Waals surface area contributed by atoms with Crippen molar-refractivity contribution in [3.63, 3.8) is 0 Å². The number of nitrogens with zero attached hydrogens (tertiary/aromatic N) is 1. The lowest BCUT2D eigenvalue weighted by Gasteiger charge is -2.09. The second-order valence-corrected chi connectivity index (χ2v) is 3.78. The molecule has 1 aromatic carbocycles. The van der Waals surface area contributed by atoms with Crippen LogP contribution in [-0.4, -0.2) is 38.8 Å². The lowest BCUT2D eigenvalue weighted by molar-refractivity contribution is -0.139. The fraction of sp³-hybridized carbons (Fsp3) is 0.214. The summed E-state index contributed by atoms with van der Waals surface area (Å²) in [4.78, 5) is 22.7. The molecular weight excluding hydrogens is 274 g/mol. The third-order valence-corrected chi connectivity index (χ3v) is 2.42. The van der Waals surface area contributed by atoms with Crippen LogP contribution in [0.3, 0.4) is 0 Å². The topological polar surface area (TPSA) is 89.0 Å². The van der Waals surface area contributed by atoms with Gasteiger partial charge in [0, 0.05) is 12.1 Å². The molecule has 0 aliphatic heterocycles. The van der Waals surface area contributed by atoms with Crippen molar-refractivity contribution >= 4 is 18.0 Å². The summed E-state index contributed by atoms with van der Waals surface area (Å²) < 4.78 is 10.3. The summed E-state index contributed by atoms with van der Waals surface area (Å²) in [5.41, 5.74) is 2.72. The first-order valence-corrected chi connectivity index (χ1v) is 6.07. The van der Waals surface area contributed by atoms with Gasteiger partial charge < -0.3 is 14.8 Å². The summed E-state index contributed by atoms with van der Waals surface area (Å²) >= 11 is 0. The van der Waals surface area contributed by atoms with Crippen molar-refractivity contribution in [1.29, 1.82) is 0 Å². The number of rotatable bonds is 6. The number of benzene rings is 1. The molecule has 2 N–H and O–H groups in total. The molecule has 0 unspecified atom stereocenters. The Morgan fingerprint density at radius 1 is 1.29 bits per heavy atom. The number of para-hydroxylation sites is 1. The van der Waals surface area contributed by atoms with E-state index in [9.17, 15) is 9.59 Å². The van der Waals surface area contributed by atoms with E-state index in [1.165, 1.54) is 26.5 Å². The second-order valence-electron chi connectivity index (χ2n) is 3.78. The van der Waals surface area contributed by atoms with Crippen LogP contribution in [0.2, 0.25) is 0 Å². The standard InChI is InChI=1S/C14H17N3O4/c1-4-8-15-13(18)14(19)17-16-9-10-6-5-7-11(20-2)12(10)21-3/h4-7,9H,1,8H2,2-3H3,(H,15,18)(H,17,19)/b16-9-. The lowest BCUT2D eigenvalue weighted by Crippen LogP contribution is -2.37. The van der Waals surface area contributed by atoms with E-state index >= 15 is 0 Å². The highest BCUT2D eigenvalue weighted by molar-refractivity contribution is 6.35. The minimum absolute atomic E-state index is 0.208. The highest BCUT2D eigenvalue weighted by Gasteiger charge is 2.11. The highest BCUT2D eigenvalue weighted by atomic mass is 16.5. The van der Waals surface area contributed by atoms with Gasteiger partial charge in [-0.3, -0.25) is 9.59 Å². The molecular formula is C14H17N3O4. The molecule has 0 saturated heterocycles. The molecule has 0 heterocycles. The van der Waals surface area contributed by atoms with Gasteiger partial charge in [0.2, 0.25) is 0 Å². The maximum atomic E-state index is 11.4. The fourth-order valence-corrected chi connectivity index (χ4v) is 1.47. The molecule has 0 fully saturated rings. The van der Waals surface area contributed by atoms with E-state index in [0.717, 1.165) is 0 Å². The summed E-state index contributed by atoms with van der Waals surface area (Å²) in [7, 11) is 3.01. The molecule has 0 aliphatic carbocycles. The minimum Gasteiger partial charge on any atom is -0.493 e. The van der Waals surface area contributed by atoms with Crippen molar-refractivity contribution in [3.8, 4) is 11.5 Å². The number of carbonyl (C=O) groups excluding carboxylic acids is 2. The molecule has 0 bridgehead atoms. The Morgan fingerprint density at radius 2 is 2.05 bits per heavy atom. The van der Waals surface area contributed by atoms with Crippen molar-refractivity contribution in [3.05, 3.63) is 36.4 Å². The summed E-state index contributed by atoms with van der Waals surface area (Å²) in [6, 6.07) is 5.22. The van der Waals surface area contributed by atoms with Crippen molar-refractivity contribution in [2.24, 2.45) is 5.10 Å². The summed E-state index contributed by atoms with van der Waals surface area (Å²) in [5.74, 6) is -0.634. The normalized spacial score (nSPS) is 10.0. The van der Waals surface area contributed by atoms with E-state index < -0.39 is 11.8 Å². The van der Waals surface area contributed by atoms with Gasteiger partial charge in [-0.15, -0.1) is 6.58 Å². The Hall–Kier alpha value is -2.83. The van der Waals surface area contributed by atoms with Crippen LogP contribution in [0, 0.1) is 0 Å². The number of carbonyl (C=O) groups is 2. The van der Waals surface area contributed by atoms with Crippen LogP contribution in [0.5, 0.6) is 11.5 Å². The molecule has 112 valence electrons. The average Bonchev–Trinajstić information content (AvgIpc) is 2.51. The van der Waals surface area contributed by atoms with Gasteiger partial charge in [-0.05, 0) is 12.1 Å². The highest BCUT2D eigenvalue weighted by Crippen LogP contribution is 2.29. The molecule has 21 heavy (non-hydrogen) atoms. The third-order valence-electron chi connectivity index (χ3n) is 2.42. The number of ether oxygens (including phenoxy) is 2. The van der Waals surface area contributed by atoms with Gasteiger partial charge in [-0.1, -0.05) is 12.1 Å². The quantitative estimate of drug-likeness (QED) is 0.345. The van der Waals surface area contributed by atoms with E-state index in [1.807, 2.05) is 0 Å². The average molecular weight is 291 g/mol. The van der Waals surface area contributed by atoms with Gasteiger partial charge in [0.25, 0.3) is 0 Å². The zero-order chi connectivity index (χ0) is 15.7. The predicted octanol–water partition coefficient (Wildman–Crippen LogP) is 0.456. The molecule has 0 spiro atoms. The van der Waals surface area contributed by atoms with Crippen LogP contribution >= 0.6 is 0 Å². The fourth-order valence-electron chi connectivity index (χ4n) is 1.47. The van der Waals surface area contributed by atoms with Gasteiger partial charge in [-0.2, -0.15) is 5.10 Å². The number of hydrazone groups is 1. The first kappa shape index (κ1) is 16.2. The zero-order valence-corrected chi connectivity index (χ0v) is 11.9. The molecule has 1 rings (SSSR count). The molecule has 0 aliphatic rings. The van der Waals surface area contributed by atoms with Gasteiger partial charge in [-0.25, -0.2) is 5.43 Å². The largest absolute Gasteiger partial charge is 0.493 e. The molecule has 2 amide bonds. The first-order valence-electron chi connectivity index (χ1n) is 6.07. The lowest BCUT2D eigenvalue weighted by atomic mass is 10.2. The number of amides is 2. The molecule has 0 aromatic heterocycles. The van der Waals surface area contributed by atoms with Crippen LogP contribution in [0.15, 0.2) is 36.0 Å². The molecule has 0 saturated carbocycles. The van der Waals surface area contributed by atoms with Crippen LogP contribution in [0.4, 0.5) is 0 Å². The summed E-state index contributed by atoms with van der Waals surface area (Å²) in [6.45, 7) is 3.64. The van der Waals surface area contributed by atoms with Crippen LogP contribution in [0.25, 0.3) is 0 Å². The van der Waals surface area contributed by atoms with Crippen molar-refractivity contribution in [2.45, 2.75) is 0 Å². The predicted molar refractivity (Wildman–Crippen MR) is 78.5 cm³/mol. The van der Waals surface area contributed by atoms with E-state index in [0.29, 0.717) is 17.1 Å². The summed E-state index contributed by atoms with van der Waals surface area (Å²) in [5, 5.41) is 6.04. The number of hydrogen-bond acceptors (Lipinski definition) is 5. The summed E-state index contributed by atoms with van der Waals surface area (Å²) in [6.07, 6.45) is 2.83. The first-order chi connectivity index (χ1) is 10.1. The van der Waals surface area contributed by atoms with Gasteiger partial charge >= 0.3 is 11.8 Å². The molecule has 7 nitrogen and oxygen atoms in total. The van der Waals surface area contributed by atoms with Crippen LogP contribution < -0.4 is 20.2 Å². The Bertz CT molecular complexity index is 555. The Labute approximate surface area is 122 Å². The van der Waals surface area contributed by atoms with Crippen LogP contribution in [0.1, 0.15) is 5.56 Å². The van der Waals surface area contributed by atoms with Gasteiger partial charge in [0.15, 0.2) is 11.5 Å². The van der Waals surface area contributed by atoms with Crippen LogP contribution in [-0.2, 0) is 9.59 Å². The van der Waals surface area contributed by atoms with E-state index in [2.05, 4.69) is 22.4 Å². The molecule has 0 atom stereocenters. The Balaban J connectivity index is 2.71. The van der Waals surface area contributed by atoms with E-state index in [-0.39, 0.29) is 6.54 Å². The monoisotopic (exact) mass is 291 g/mol. The molecule has 7 heteroatoms. The minimum atomic E-state index is -0.866. The van der Waals surface area contributed by atoms with Crippen molar-refractivity contribution in [2.75, 3.05) is 20.8 Å². The Morgan fingerprint density at radius 3 is 2.67 bits per heavy atom. The van der Waals surface area contributed by atoms with Gasteiger partial charge in [0.1, 0.15) is 0 Å². The number of nitrogens with one attached hydrogen (secondary N) is 2. The SMILES string of the molecule is C=CCNC(=O)C(=O)N/N=C\c1cccc(OC)c1OC. The van der Waals surface area contributed by atoms with E-state index in [1.54, 1.807) is 18.2 Å². The molecule has 1 aromatic rings. The number of methoxy groups -OCH3 is 2. The second kappa shape index (κ2) is 8.36. The zero-order valence-electron chi connectivity index (χ0n) is 11.9. The van der Waals surface area contributed by atoms with Crippen molar-refractivity contribution in [1.82, 2.24) is 10.7 Å².